The maximum atomic E-state index is 7.22. The first-order chi connectivity index (χ1) is 31.2. The molecule has 3 aliphatic rings. The van der Waals surface area contributed by atoms with Gasteiger partial charge in [0.25, 0.3) is 0 Å². The van der Waals surface area contributed by atoms with Gasteiger partial charge in [-0.3, -0.25) is 5.32 Å². The topological polar surface area (TPSA) is 46.4 Å². The standard InChI is InChI=1S/C59H38N2O2/c1-3-16-41-35(12-1)25-29-49-56(41)63-57-42-17-4-2-13-36(42)26-30-50(57)59(49)48-21-8-5-18-43(48)44-28-24-40(34-51(44)59)58-60-52-22-9-6-20-46(52)55(61-58)39-15-11-14-37(32-39)38-27-31-54-47(33-38)45-19-7-10-23-53(45)62-54/h1-34,55,58,60-61H. The predicted octanol–water partition coefficient (Wildman–Crippen LogP) is 14.8. The number of nitrogens with one attached hydrogen (secondary N) is 2. The van der Waals surface area contributed by atoms with Gasteiger partial charge in [0.05, 0.1) is 11.5 Å². The zero-order valence-corrected chi connectivity index (χ0v) is 34.1. The minimum Gasteiger partial charge on any atom is -0.456 e. The minimum atomic E-state index is -0.624. The van der Waals surface area contributed by atoms with Crippen molar-refractivity contribution < 1.29 is 9.15 Å². The smallest absolute Gasteiger partial charge is 0.140 e. The zero-order valence-electron chi connectivity index (χ0n) is 34.1. The van der Waals surface area contributed by atoms with Gasteiger partial charge < -0.3 is 14.5 Å². The maximum Gasteiger partial charge on any atom is 0.140 e. The molecule has 0 radical (unpaired) electrons. The number of furan rings is 1. The molecule has 0 fully saturated rings. The van der Waals surface area contributed by atoms with Gasteiger partial charge in [0.2, 0.25) is 0 Å². The van der Waals surface area contributed by atoms with Crippen molar-refractivity contribution in [2.75, 3.05) is 5.32 Å². The molecule has 14 rings (SSSR count). The molecule has 63 heavy (non-hydrogen) atoms. The SMILES string of the molecule is c1cc(-c2ccc3oc4ccccc4c3c2)cc(C2NC(c3ccc4c(c3)C3(c5ccccc5-4)c4ccc5ccccc5c4Oc4c3ccc3ccccc43)Nc3ccccc32)c1. The quantitative estimate of drug-likeness (QED) is 0.187. The van der Waals surface area contributed by atoms with E-state index in [2.05, 4.69) is 205 Å². The average Bonchev–Trinajstić information content (AvgIpc) is 3.87. The van der Waals surface area contributed by atoms with E-state index >= 15 is 0 Å². The van der Waals surface area contributed by atoms with E-state index in [9.17, 15) is 0 Å². The molecular formula is C59H38N2O2. The second kappa shape index (κ2) is 13.0. The molecule has 0 amide bonds. The Morgan fingerprint density at radius 3 is 1.90 bits per heavy atom. The maximum absolute atomic E-state index is 7.22. The molecule has 0 saturated heterocycles. The molecule has 4 heteroatoms. The Hall–Kier alpha value is -7.92. The highest BCUT2D eigenvalue weighted by Crippen LogP contribution is 2.64. The number of hydrogen-bond donors (Lipinski definition) is 2. The molecule has 1 aliphatic carbocycles. The molecule has 2 unspecified atom stereocenters. The van der Waals surface area contributed by atoms with Gasteiger partial charge in [-0.25, -0.2) is 0 Å². The van der Waals surface area contributed by atoms with E-state index in [1.165, 1.54) is 55.6 Å². The van der Waals surface area contributed by atoms with Crippen molar-refractivity contribution in [3.63, 3.8) is 0 Å². The number of benzene rings is 10. The van der Waals surface area contributed by atoms with Crippen LogP contribution < -0.4 is 15.4 Å². The van der Waals surface area contributed by atoms with Gasteiger partial charge in [-0.2, -0.15) is 0 Å². The van der Waals surface area contributed by atoms with Gasteiger partial charge in [0, 0.05) is 38.4 Å². The second-order valence-electron chi connectivity index (χ2n) is 17.2. The Bertz CT molecular complexity index is 3630. The van der Waals surface area contributed by atoms with Crippen LogP contribution in [0.25, 0.3) is 65.7 Å². The lowest BCUT2D eigenvalue weighted by molar-refractivity contribution is 0.447. The summed E-state index contributed by atoms with van der Waals surface area (Å²) in [7, 11) is 0. The van der Waals surface area contributed by atoms with Gasteiger partial charge in [0.15, 0.2) is 0 Å². The molecule has 1 aromatic heterocycles. The van der Waals surface area contributed by atoms with Crippen LogP contribution in [-0.2, 0) is 5.41 Å². The van der Waals surface area contributed by atoms with E-state index in [0.717, 1.165) is 66.2 Å². The third kappa shape index (κ3) is 4.90. The summed E-state index contributed by atoms with van der Waals surface area (Å²) in [6, 6.07) is 75.0. The van der Waals surface area contributed by atoms with Crippen molar-refractivity contribution in [1.29, 1.82) is 0 Å². The van der Waals surface area contributed by atoms with Crippen molar-refractivity contribution in [2.45, 2.75) is 17.6 Å². The van der Waals surface area contributed by atoms with Crippen molar-refractivity contribution in [3.05, 3.63) is 245 Å². The molecule has 1 spiro atoms. The summed E-state index contributed by atoms with van der Waals surface area (Å²) in [4.78, 5) is 0. The van der Waals surface area contributed by atoms with Crippen molar-refractivity contribution in [1.82, 2.24) is 5.32 Å². The highest BCUT2D eigenvalue weighted by Gasteiger charge is 2.52. The average molecular weight is 807 g/mol. The van der Waals surface area contributed by atoms with Crippen LogP contribution in [0.5, 0.6) is 11.5 Å². The highest BCUT2D eigenvalue weighted by molar-refractivity contribution is 6.06. The number of anilines is 1. The third-order valence-electron chi connectivity index (χ3n) is 14.0. The highest BCUT2D eigenvalue weighted by atomic mass is 16.5. The fraction of sp³-hybridized carbons (Fsp3) is 0.0508. The third-order valence-corrected chi connectivity index (χ3v) is 14.0. The molecule has 296 valence electrons. The molecule has 11 aromatic rings. The predicted molar refractivity (Wildman–Crippen MR) is 256 cm³/mol. The van der Waals surface area contributed by atoms with E-state index in [1.54, 1.807) is 0 Å². The zero-order chi connectivity index (χ0) is 41.2. The number of para-hydroxylation sites is 2. The van der Waals surface area contributed by atoms with E-state index in [1.807, 2.05) is 12.1 Å². The van der Waals surface area contributed by atoms with Gasteiger partial charge in [-0.15, -0.1) is 0 Å². The van der Waals surface area contributed by atoms with Crippen LogP contribution >= 0.6 is 0 Å². The largest absolute Gasteiger partial charge is 0.456 e. The van der Waals surface area contributed by atoms with Crippen LogP contribution in [0.4, 0.5) is 5.69 Å². The van der Waals surface area contributed by atoms with Crippen molar-refractivity contribution >= 4 is 49.2 Å². The van der Waals surface area contributed by atoms with E-state index in [4.69, 9.17) is 9.15 Å². The second-order valence-corrected chi connectivity index (χ2v) is 17.2. The summed E-state index contributed by atoms with van der Waals surface area (Å²) >= 11 is 0. The molecule has 2 atom stereocenters. The number of fused-ring (bicyclic) bond motifs is 17. The van der Waals surface area contributed by atoms with Crippen LogP contribution in [0.15, 0.2) is 211 Å². The molecule has 0 bridgehead atoms. The Balaban J connectivity index is 0.938. The van der Waals surface area contributed by atoms with E-state index in [-0.39, 0.29) is 12.2 Å². The molecule has 3 heterocycles. The number of hydrogen-bond acceptors (Lipinski definition) is 4. The van der Waals surface area contributed by atoms with Crippen LogP contribution in [0, 0.1) is 0 Å². The lowest BCUT2D eigenvalue weighted by atomic mass is 9.65. The van der Waals surface area contributed by atoms with Crippen LogP contribution in [-0.4, -0.2) is 0 Å². The van der Waals surface area contributed by atoms with E-state index < -0.39 is 5.41 Å². The molecule has 2 N–H and O–H groups in total. The van der Waals surface area contributed by atoms with Gasteiger partial charge in [-0.1, -0.05) is 176 Å². The fourth-order valence-corrected chi connectivity index (χ4v) is 11.2. The van der Waals surface area contributed by atoms with Crippen molar-refractivity contribution in [2.24, 2.45) is 0 Å². The lowest BCUT2D eigenvalue weighted by Crippen LogP contribution is -2.37. The summed E-state index contributed by atoms with van der Waals surface area (Å²) in [5.74, 6) is 1.85. The first kappa shape index (κ1) is 34.8. The molecule has 4 nitrogen and oxygen atoms in total. The van der Waals surface area contributed by atoms with Crippen LogP contribution in [0.2, 0.25) is 0 Å². The first-order valence-corrected chi connectivity index (χ1v) is 21.8. The van der Waals surface area contributed by atoms with Crippen molar-refractivity contribution in [3.8, 4) is 33.8 Å². The minimum absolute atomic E-state index is 0.0624. The number of ether oxygens (including phenoxy) is 1. The van der Waals surface area contributed by atoms with E-state index in [0.29, 0.717) is 0 Å². The van der Waals surface area contributed by atoms with Gasteiger partial charge in [0.1, 0.15) is 28.8 Å². The fourth-order valence-electron chi connectivity index (χ4n) is 11.2. The Labute approximate surface area is 364 Å². The van der Waals surface area contributed by atoms with Crippen LogP contribution in [0.3, 0.4) is 0 Å². The van der Waals surface area contributed by atoms with Crippen LogP contribution in [0.1, 0.15) is 51.2 Å². The summed E-state index contributed by atoms with van der Waals surface area (Å²) < 4.78 is 13.4. The summed E-state index contributed by atoms with van der Waals surface area (Å²) in [6.07, 6.45) is -0.180. The Morgan fingerprint density at radius 1 is 0.413 bits per heavy atom. The molecule has 0 saturated carbocycles. The normalized spacial score (nSPS) is 16.6. The summed E-state index contributed by atoms with van der Waals surface area (Å²) in [6.45, 7) is 0. The molecule has 2 aliphatic heterocycles. The monoisotopic (exact) mass is 806 g/mol. The lowest BCUT2D eigenvalue weighted by Gasteiger charge is -2.41. The summed E-state index contributed by atoms with van der Waals surface area (Å²) in [5.41, 5.74) is 15.6. The molecular weight excluding hydrogens is 769 g/mol. The summed E-state index contributed by atoms with van der Waals surface area (Å²) in [5, 5.41) is 14.9. The van der Waals surface area contributed by atoms with Gasteiger partial charge in [-0.05, 0) is 91.2 Å². The Kier molecular flexibility index (Phi) is 7.20. The number of rotatable bonds is 3. The molecule has 10 aromatic carbocycles. The first-order valence-electron chi connectivity index (χ1n) is 21.8. The Morgan fingerprint density at radius 2 is 1.08 bits per heavy atom. The van der Waals surface area contributed by atoms with Gasteiger partial charge >= 0.3 is 0 Å².